The molecule has 0 radical (unpaired) electrons. The topological polar surface area (TPSA) is 79.0 Å². The van der Waals surface area contributed by atoms with Gasteiger partial charge in [0.1, 0.15) is 16.4 Å². The van der Waals surface area contributed by atoms with Crippen molar-refractivity contribution in [3.8, 4) is 11.1 Å². The Morgan fingerprint density at radius 3 is 2.40 bits per heavy atom. The van der Waals surface area contributed by atoms with Gasteiger partial charge >= 0.3 is 5.97 Å². The Labute approximate surface area is 209 Å². The van der Waals surface area contributed by atoms with E-state index in [4.69, 9.17) is 4.74 Å². The van der Waals surface area contributed by atoms with E-state index in [1.165, 1.54) is 29.9 Å². The van der Waals surface area contributed by atoms with Gasteiger partial charge in [-0.15, -0.1) is 11.3 Å². The smallest absolute Gasteiger partial charge is 0.341 e. The number of nitrogens with one attached hydrogen (secondary N) is 1. The highest BCUT2D eigenvalue weighted by Gasteiger charge is 2.30. The van der Waals surface area contributed by atoms with Crippen LogP contribution in [0.15, 0.2) is 29.6 Å². The number of piperidine rings is 2. The minimum absolute atomic E-state index is 0.0402. The molecule has 2 saturated heterocycles. The van der Waals surface area contributed by atoms with Crippen LogP contribution in [0.3, 0.4) is 0 Å². The van der Waals surface area contributed by atoms with Crippen LogP contribution in [0.25, 0.3) is 11.1 Å². The molecule has 2 aliphatic rings. The summed E-state index contributed by atoms with van der Waals surface area (Å²) in [7, 11) is 0. The standard InChI is InChI=1S/C26H32FN3O4S/c1-2-34-26(33)23-21(18-6-8-20(27)9-7-18)17-35-24(23)28-22(31)16-29-14-10-19(11-15-29)25(32)30-12-4-3-5-13-30/h6-9,17,19H,2-5,10-16H2,1H3,(H,28,31). The molecule has 9 heteroatoms. The summed E-state index contributed by atoms with van der Waals surface area (Å²) in [6.07, 6.45) is 4.88. The normalized spacial score (nSPS) is 17.3. The molecule has 1 aromatic carbocycles. The van der Waals surface area contributed by atoms with E-state index in [1.54, 1.807) is 24.4 Å². The molecule has 1 N–H and O–H groups in total. The zero-order valence-corrected chi connectivity index (χ0v) is 20.9. The first kappa shape index (κ1) is 25.3. The van der Waals surface area contributed by atoms with E-state index in [2.05, 4.69) is 5.32 Å². The lowest BCUT2D eigenvalue weighted by molar-refractivity contribution is -0.138. The molecule has 0 aliphatic carbocycles. The molecule has 35 heavy (non-hydrogen) atoms. The summed E-state index contributed by atoms with van der Waals surface area (Å²) in [6.45, 7) is 5.23. The third kappa shape index (κ3) is 6.27. The van der Waals surface area contributed by atoms with Crippen LogP contribution in [-0.2, 0) is 14.3 Å². The maximum absolute atomic E-state index is 13.4. The monoisotopic (exact) mass is 501 g/mol. The first-order valence-corrected chi connectivity index (χ1v) is 13.2. The van der Waals surface area contributed by atoms with E-state index in [-0.39, 0.29) is 42.3 Å². The average molecular weight is 502 g/mol. The molecule has 0 bridgehead atoms. The molecule has 0 spiro atoms. The van der Waals surface area contributed by atoms with E-state index < -0.39 is 5.97 Å². The van der Waals surface area contributed by atoms with Crippen molar-refractivity contribution in [3.63, 3.8) is 0 Å². The van der Waals surface area contributed by atoms with Crippen molar-refractivity contribution in [3.05, 3.63) is 41.0 Å². The van der Waals surface area contributed by atoms with Crippen LogP contribution in [0.1, 0.15) is 49.4 Å². The number of likely N-dealkylation sites (tertiary alicyclic amines) is 2. The van der Waals surface area contributed by atoms with Gasteiger partial charge in [-0.2, -0.15) is 0 Å². The number of thiophene rings is 1. The Morgan fingerprint density at radius 2 is 1.74 bits per heavy atom. The van der Waals surface area contributed by atoms with Gasteiger partial charge in [0, 0.05) is 30.0 Å². The molecule has 3 heterocycles. The third-order valence-corrected chi connectivity index (χ3v) is 7.55. The quantitative estimate of drug-likeness (QED) is 0.569. The number of nitrogens with zero attached hydrogens (tertiary/aromatic N) is 2. The van der Waals surface area contributed by atoms with Crippen molar-refractivity contribution < 1.29 is 23.5 Å². The molecule has 188 valence electrons. The Kier molecular flexibility index (Phi) is 8.51. The molecule has 2 aromatic rings. The minimum Gasteiger partial charge on any atom is -0.462 e. The first-order chi connectivity index (χ1) is 17.0. The number of carbonyl (C=O) groups excluding carboxylic acids is 3. The van der Waals surface area contributed by atoms with Crippen molar-refractivity contribution in [1.82, 2.24) is 9.80 Å². The maximum atomic E-state index is 13.4. The maximum Gasteiger partial charge on any atom is 0.341 e. The van der Waals surface area contributed by atoms with Gasteiger partial charge in [-0.1, -0.05) is 12.1 Å². The number of benzene rings is 1. The fraction of sp³-hybridized carbons (Fsp3) is 0.500. The van der Waals surface area contributed by atoms with Crippen LogP contribution in [0, 0.1) is 11.7 Å². The third-order valence-electron chi connectivity index (χ3n) is 6.65. The Morgan fingerprint density at radius 1 is 1.06 bits per heavy atom. The van der Waals surface area contributed by atoms with Gasteiger partial charge < -0.3 is 15.0 Å². The second kappa shape index (κ2) is 11.8. The van der Waals surface area contributed by atoms with E-state index in [9.17, 15) is 18.8 Å². The zero-order valence-electron chi connectivity index (χ0n) is 20.1. The highest BCUT2D eigenvalue weighted by Crippen LogP contribution is 2.36. The van der Waals surface area contributed by atoms with Crippen LogP contribution in [0.2, 0.25) is 0 Å². The molecular formula is C26H32FN3O4S. The average Bonchev–Trinajstić information content (AvgIpc) is 3.28. The fourth-order valence-corrected chi connectivity index (χ4v) is 5.75. The van der Waals surface area contributed by atoms with Gasteiger partial charge in [-0.25, -0.2) is 9.18 Å². The van der Waals surface area contributed by atoms with Gasteiger partial charge in [0.25, 0.3) is 0 Å². The van der Waals surface area contributed by atoms with E-state index in [0.717, 1.165) is 38.8 Å². The van der Waals surface area contributed by atoms with Gasteiger partial charge in [0.2, 0.25) is 11.8 Å². The van der Waals surface area contributed by atoms with E-state index in [1.807, 2.05) is 9.80 Å². The lowest BCUT2D eigenvalue weighted by atomic mass is 9.94. The molecule has 0 unspecified atom stereocenters. The van der Waals surface area contributed by atoms with Crippen LogP contribution >= 0.6 is 11.3 Å². The summed E-state index contributed by atoms with van der Waals surface area (Å²) in [5, 5.41) is 5.06. The Hall–Kier alpha value is -2.78. The Balaban J connectivity index is 1.37. The summed E-state index contributed by atoms with van der Waals surface area (Å²) in [4.78, 5) is 42.4. The lowest BCUT2D eigenvalue weighted by Gasteiger charge is -2.35. The summed E-state index contributed by atoms with van der Waals surface area (Å²) in [5.41, 5.74) is 1.55. The van der Waals surface area contributed by atoms with Gasteiger partial charge in [0.15, 0.2) is 0 Å². The summed E-state index contributed by atoms with van der Waals surface area (Å²) in [5.74, 6) is -0.806. The summed E-state index contributed by atoms with van der Waals surface area (Å²) >= 11 is 1.24. The van der Waals surface area contributed by atoms with Crippen molar-refractivity contribution in [2.45, 2.75) is 39.0 Å². The number of rotatable bonds is 7. The van der Waals surface area contributed by atoms with Crippen molar-refractivity contribution >= 4 is 34.1 Å². The number of amides is 2. The fourth-order valence-electron chi connectivity index (χ4n) is 4.78. The van der Waals surface area contributed by atoms with E-state index >= 15 is 0 Å². The SMILES string of the molecule is CCOC(=O)c1c(-c2ccc(F)cc2)csc1NC(=O)CN1CCC(C(=O)N2CCCCC2)CC1. The highest BCUT2D eigenvalue weighted by atomic mass is 32.1. The molecule has 7 nitrogen and oxygen atoms in total. The number of halogens is 1. The van der Waals surface area contributed by atoms with Gasteiger partial charge in [-0.3, -0.25) is 14.5 Å². The molecule has 2 amide bonds. The van der Waals surface area contributed by atoms with E-state index in [0.29, 0.717) is 29.2 Å². The number of hydrogen-bond donors (Lipinski definition) is 1. The number of hydrogen-bond acceptors (Lipinski definition) is 6. The van der Waals surface area contributed by atoms with Crippen molar-refractivity contribution in [2.75, 3.05) is 44.6 Å². The molecule has 0 atom stereocenters. The van der Waals surface area contributed by atoms with Gasteiger partial charge in [-0.05, 0) is 69.8 Å². The minimum atomic E-state index is -0.527. The number of esters is 1. The van der Waals surface area contributed by atoms with Crippen molar-refractivity contribution in [2.24, 2.45) is 5.92 Å². The Bertz CT molecular complexity index is 1040. The molecule has 4 rings (SSSR count). The molecule has 2 fully saturated rings. The number of carbonyl (C=O) groups is 3. The molecule has 1 aromatic heterocycles. The van der Waals surface area contributed by atoms with Crippen LogP contribution in [0.4, 0.5) is 9.39 Å². The second-order valence-electron chi connectivity index (χ2n) is 9.07. The summed E-state index contributed by atoms with van der Waals surface area (Å²) < 4.78 is 18.6. The predicted octanol–water partition coefficient (Wildman–Crippen LogP) is 4.39. The highest BCUT2D eigenvalue weighted by molar-refractivity contribution is 7.15. The zero-order chi connectivity index (χ0) is 24.8. The first-order valence-electron chi connectivity index (χ1n) is 12.3. The molecule has 2 aliphatic heterocycles. The van der Waals surface area contributed by atoms with Crippen molar-refractivity contribution in [1.29, 1.82) is 0 Å². The van der Waals surface area contributed by atoms with Crippen LogP contribution in [0.5, 0.6) is 0 Å². The lowest BCUT2D eigenvalue weighted by Crippen LogP contribution is -2.45. The number of anilines is 1. The molecular weight excluding hydrogens is 469 g/mol. The molecule has 0 saturated carbocycles. The number of ether oxygens (including phenoxy) is 1. The largest absolute Gasteiger partial charge is 0.462 e. The second-order valence-corrected chi connectivity index (χ2v) is 9.95. The summed E-state index contributed by atoms with van der Waals surface area (Å²) in [6, 6.07) is 5.86. The van der Waals surface area contributed by atoms with Crippen LogP contribution < -0.4 is 5.32 Å². The predicted molar refractivity (Wildman–Crippen MR) is 134 cm³/mol. The van der Waals surface area contributed by atoms with Gasteiger partial charge in [0.05, 0.1) is 13.2 Å². The van der Waals surface area contributed by atoms with Crippen LogP contribution in [-0.4, -0.2) is 66.9 Å².